The number of rotatable bonds is 6. The zero-order valence-electron chi connectivity index (χ0n) is 14.2. The maximum absolute atomic E-state index is 11.1. The van der Waals surface area contributed by atoms with Crippen LogP contribution in [0.4, 0.5) is 0 Å². The van der Waals surface area contributed by atoms with Gasteiger partial charge in [0.25, 0.3) is 0 Å². The van der Waals surface area contributed by atoms with Gasteiger partial charge in [-0.15, -0.1) is 0 Å². The van der Waals surface area contributed by atoms with Crippen LogP contribution in [0, 0.1) is 0 Å². The number of allylic oxidation sites excluding steroid dienone is 1. The molecule has 0 unspecified atom stereocenters. The molecule has 0 radical (unpaired) electrons. The highest BCUT2D eigenvalue weighted by molar-refractivity contribution is 5.72. The number of hydrogen-bond donors (Lipinski definition) is 1. The minimum absolute atomic E-state index is 0.575. The summed E-state index contributed by atoms with van der Waals surface area (Å²) < 4.78 is 0. The van der Waals surface area contributed by atoms with Gasteiger partial charge in [0.1, 0.15) is 11.8 Å². The Morgan fingerprint density at radius 2 is 1.08 bits per heavy atom. The molecule has 0 saturated heterocycles. The molecule has 0 heterocycles. The van der Waals surface area contributed by atoms with Crippen LogP contribution in [0.1, 0.15) is 23.6 Å². The minimum Gasteiger partial charge on any atom is -0.374 e. The van der Waals surface area contributed by atoms with E-state index in [1.165, 1.54) is 0 Å². The monoisotopic (exact) mass is 327 g/mol. The van der Waals surface area contributed by atoms with E-state index in [9.17, 15) is 4.79 Å². The van der Waals surface area contributed by atoms with Gasteiger partial charge < -0.3 is 5.32 Å². The van der Waals surface area contributed by atoms with Crippen molar-refractivity contribution < 1.29 is 4.79 Å². The van der Waals surface area contributed by atoms with Gasteiger partial charge in [-0.05, 0) is 23.6 Å². The molecule has 0 fully saturated rings. The van der Waals surface area contributed by atoms with Gasteiger partial charge in [0.05, 0.1) is 0 Å². The summed E-state index contributed by atoms with van der Waals surface area (Å²) in [5.74, 6) is 0. The molecular weight excluding hydrogens is 306 g/mol. The van der Waals surface area contributed by atoms with Crippen LogP contribution in [-0.2, 0) is 10.3 Å². The second-order valence-electron chi connectivity index (χ2n) is 6.00. The summed E-state index contributed by atoms with van der Waals surface area (Å²) in [5, 5.41) is 3.54. The minimum atomic E-state index is -0.575. The summed E-state index contributed by atoms with van der Waals surface area (Å²) in [6, 6.07) is 30.9. The third-order valence-corrected chi connectivity index (χ3v) is 4.32. The van der Waals surface area contributed by atoms with Gasteiger partial charge in [0.2, 0.25) is 0 Å². The molecule has 3 rings (SSSR count). The Kier molecular flexibility index (Phi) is 5.10. The summed E-state index contributed by atoms with van der Waals surface area (Å²) in [6.45, 7) is 1.80. The molecule has 0 aliphatic heterocycles. The fourth-order valence-corrected chi connectivity index (χ4v) is 3.07. The van der Waals surface area contributed by atoms with Crippen molar-refractivity contribution in [2.45, 2.75) is 12.5 Å². The Hall–Kier alpha value is -3.13. The van der Waals surface area contributed by atoms with Crippen molar-refractivity contribution in [2.75, 3.05) is 0 Å². The Bertz CT molecular complexity index is 742. The van der Waals surface area contributed by atoms with Crippen LogP contribution in [0.15, 0.2) is 103 Å². The molecule has 0 aromatic heterocycles. The van der Waals surface area contributed by atoms with Crippen molar-refractivity contribution in [1.82, 2.24) is 5.32 Å². The van der Waals surface area contributed by atoms with E-state index in [1.807, 2.05) is 54.6 Å². The van der Waals surface area contributed by atoms with Crippen LogP contribution in [-0.4, -0.2) is 6.29 Å². The standard InChI is InChI=1S/C23H21NO/c1-19(18-25)17-24-23(20-11-5-2-6-12-20,21-13-7-3-8-14-21)22-15-9-4-10-16-22/h2-18,24H,1H3/b19-17+. The molecule has 25 heavy (non-hydrogen) atoms. The van der Waals surface area contributed by atoms with Gasteiger partial charge in [-0.1, -0.05) is 91.0 Å². The Balaban J connectivity index is 2.29. The van der Waals surface area contributed by atoms with Gasteiger partial charge in [-0.25, -0.2) is 0 Å². The predicted molar refractivity (Wildman–Crippen MR) is 102 cm³/mol. The van der Waals surface area contributed by atoms with E-state index in [4.69, 9.17) is 0 Å². The summed E-state index contributed by atoms with van der Waals surface area (Å²) in [6.07, 6.45) is 2.65. The molecule has 0 saturated carbocycles. The lowest BCUT2D eigenvalue weighted by atomic mass is 9.77. The summed E-state index contributed by atoms with van der Waals surface area (Å²) in [7, 11) is 0. The first kappa shape index (κ1) is 16.7. The fourth-order valence-electron chi connectivity index (χ4n) is 3.07. The highest BCUT2D eigenvalue weighted by atomic mass is 16.1. The Labute approximate surface area is 148 Å². The fraction of sp³-hybridized carbons (Fsp3) is 0.0870. The first-order chi connectivity index (χ1) is 12.3. The average Bonchev–Trinajstić information content (AvgIpc) is 2.71. The molecule has 124 valence electrons. The number of carbonyl (C=O) groups is 1. The molecule has 0 aliphatic rings. The van der Waals surface area contributed by atoms with Crippen LogP contribution >= 0.6 is 0 Å². The van der Waals surface area contributed by atoms with Crippen LogP contribution in [0.2, 0.25) is 0 Å². The number of carbonyl (C=O) groups excluding carboxylic acids is 1. The maximum atomic E-state index is 11.1. The van der Waals surface area contributed by atoms with Crippen LogP contribution in [0.5, 0.6) is 0 Å². The molecule has 2 heteroatoms. The van der Waals surface area contributed by atoms with E-state index >= 15 is 0 Å². The van der Waals surface area contributed by atoms with Gasteiger partial charge in [-0.2, -0.15) is 0 Å². The van der Waals surface area contributed by atoms with Gasteiger partial charge in [0, 0.05) is 11.8 Å². The lowest BCUT2D eigenvalue weighted by Crippen LogP contribution is -2.42. The van der Waals surface area contributed by atoms with Crippen LogP contribution in [0.25, 0.3) is 0 Å². The predicted octanol–water partition coefficient (Wildman–Crippen LogP) is 4.67. The molecule has 3 aromatic rings. The normalized spacial score (nSPS) is 11.8. The number of benzene rings is 3. The van der Waals surface area contributed by atoms with Gasteiger partial charge >= 0.3 is 0 Å². The lowest BCUT2D eigenvalue weighted by molar-refractivity contribution is -0.104. The van der Waals surface area contributed by atoms with Crippen molar-refractivity contribution in [1.29, 1.82) is 0 Å². The van der Waals surface area contributed by atoms with Crippen molar-refractivity contribution in [3.63, 3.8) is 0 Å². The SMILES string of the molecule is C/C(C=O)=C\NC(c1ccccc1)(c1ccccc1)c1ccccc1. The van der Waals surface area contributed by atoms with Gasteiger partial charge in [0.15, 0.2) is 0 Å². The van der Waals surface area contributed by atoms with Gasteiger partial charge in [-0.3, -0.25) is 4.79 Å². The van der Waals surface area contributed by atoms with Crippen molar-refractivity contribution in [2.24, 2.45) is 0 Å². The Morgan fingerprint density at radius 1 is 0.720 bits per heavy atom. The van der Waals surface area contributed by atoms with E-state index < -0.39 is 5.54 Å². The third-order valence-electron chi connectivity index (χ3n) is 4.32. The zero-order valence-corrected chi connectivity index (χ0v) is 14.2. The molecule has 1 N–H and O–H groups in total. The highest BCUT2D eigenvalue weighted by Crippen LogP contribution is 2.36. The molecule has 3 aromatic carbocycles. The quantitative estimate of drug-likeness (QED) is 0.405. The van der Waals surface area contributed by atoms with Crippen molar-refractivity contribution in [3.8, 4) is 0 Å². The molecule has 0 amide bonds. The van der Waals surface area contributed by atoms with Crippen LogP contribution < -0.4 is 5.32 Å². The molecule has 0 atom stereocenters. The summed E-state index contributed by atoms with van der Waals surface area (Å²) in [4.78, 5) is 11.1. The summed E-state index contributed by atoms with van der Waals surface area (Å²) >= 11 is 0. The number of hydrogen-bond acceptors (Lipinski definition) is 2. The Morgan fingerprint density at radius 3 is 1.40 bits per heavy atom. The maximum Gasteiger partial charge on any atom is 0.147 e. The topological polar surface area (TPSA) is 29.1 Å². The second-order valence-corrected chi connectivity index (χ2v) is 6.00. The van der Waals surface area contributed by atoms with E-state index in [1.54, 1.807) is 13.1 Å². The van der Waals surface area contributed by atoms with Crippen LogP contribution in [0.3, 0.4) is 0 Å². The highest BCUT2D eigenvalue weighted by Gasteiger charge is 2.35. The number of aldehydes is 1. The lowest BCUT2D eigenvalue weighted by Gasteiger charge is -2.36. The van der Waals surface area contributed by atoms with E-state index in [0.29, 0.717) is 5.57 Å². The first-order valence-corrected chi connectivity index (χ1v) is 8.33. The zero-order chi connectivity index (χ0) is 17.5. The van der Waals surface area contributed by atoms with Crippen molar-refractivity contribution >= 4 is 6.29 Å². The first-order valence-electron chi connectivity index (χ1n) is 8.33. The second kappa shape index (κ2) is 7.63. The number of nitrogens with one attached hydrogen (secondary N) is 1. The van der Waals surface area contributed by atoms with E-state index in [2.05, 4.69) is 41.7 Å². The summed E-state index contributed by atoms with van der Waals surface area (Å²) in [5.41, 5.74) is 3.41. The smallest absolute Gasteiger partial charge is 0.147 e. The molecule has 0 aliphatic carbocycles. The largest absolute Gasteiger partial charge is 0.374 e. The van der Waals surface area contributed by atoms with E-state index in [-0.39, 0.29) is 0 Å². The van der Waals surface area contributed by atoms with E-state index in [0.717, 1.165) is 23.0 Å². The molecule has 2 nitrogen and oxygen atoms in total. The van der Waals surface area contributed by atoms with Crippen molar-refractivity contribution in [3.05, 3.63) is 119 Å². The molecular formula is C23H21NO. The average molecular weight is 327 g/mol. The molecule has 0 bridgehead atoms. The molecule has 0 spiro atoms. The third kappa shape index (κ3) is 3.38.